The monoisotopic (exact) mass is 1690 g/mol. The van der Waals surface area contributed by atoms with E-state index in [1.165, 1.54) is 179 Å². The van der Waals surface area contributed by atoms with Gasteiger partial charge in [0.2, 0.25) is 0 Å². The van der Waals surface area contributed by atoms with Gasteiger partial charge in [-0.15, -0.1) is 22.1 Å². The summed E-state index contributed by atoms with van der Waals surface area (Å²) in [6.07, 6.45) is 32.6. The first kappa shape index (κ1) is 87.6. The molecule has 124 heavy (non-hydrogen) atoms. The molecule has 9 nitrogen and oxygen atoms in total. The Morgan fingerprint density at radius 2 is 0.831 bits per heavy atom. The van der Waals surface area contributed by atoms with Crippen molar-refractivity contribution in [1.29, 1.82) is 0 Å². The minimum Gasteiger partial charge on any atom is -0.656 e. The summed E-state index contributed by atoms with van der Waals surface area (Å²) in [6, 6.07) is 62.9. The zero-order valence-corrected chi connectivity index (χ0v) is 78.4. The van der Waals surface area contributed by atoms with E-state index in [1.807, 2.05) is 12.1 Å². The summed E-state index contributed by atoms with van der Waals surface area (Å²) in [6.45, 7) is 31.4. The zero-order valence-electron chi connectivity index (χ0n) is 75.4. The van der Waals surface area contributed by atoms with E-state index in [-0.39, 0.29) is 41.3 Å². The molecule has 10 heteroatoms. The van der Waals surface area contributed by atoms with E-state index < -0.39 is 5.97 Å². The fourth-order valence-electron chi connectivity index (χ4n) is 18.5. The van der Waals surface area contributed by atoms with E-state index in [9.17, 15) is 9.90 Å². The summed E-state index contributed by atoms with van der Waals surface area (Å²) < 4.78 is 16.9. The molecule has 16 rings (SSSR count). The second kappa shape index (κ2) is 38.0. The smallest absolute Gasteiger partial charge is 0.656 e. The molecule has 14 aromatic rings. The van der Waals surface area contributed by atoms with Crippen molar-refractivity contribution < 1.29 is 38.9 Å². The van der Waals surface area contributed by atoms with Crippen LogP contribution in [0, 0.1) is 37.5 Å². The van der Waals surface area contributed by atoms with Crippen LogP contribution in [0.3, 0.4) is 0 Å². The van der Waals surface area contributed by atoms with Gasteiger partial charge < -0.3 is 29.1 Å². The largest absolute Gasteiger partial charge is 2.00 e. The Hall–Kier alpha value is -11.3. The number of carbonyl (C=O) groups is 1. The van der Waals surface area contributed by atoms with E-state index >= 15 is 0 Å². The molecule has 0 atom stereocenters. The fourth-order valence-corrected chi connectivity index (χ4v) is 18.5. The summed E-state index contributed by atoms with van der Waals surface area (Å²) >= 11 is 0. The first-order valence-electron chi connectivity index (χ1n) is 45.6. The topological polar surface area (TPSA) is 115 Å². The van der Waals surface area contributed by atoms with Gasteiger partial charge in [-0.3, -0.25) is 0 Å². The number of benzene rings is 10. The number of carboxylic acid groups (broad SMARTS) is 1. The van der Waals surface area contributed by atoms with Gasteiger partial charge in [-0.1, -0.05) is 343 Å². The van der Waals surface area contributed by atoms with Gasteiger partial charge in [0, 0.05) is 55.9 Å². The molecule has 0 saturated heterocycles. The quantitative estimate of drug-likeness (QED) is 0.0156. The number of aromatic carboxylic acids is 1. The maximum Gasteiger partial charge on any atom is 2.00 e. The number of aromatic nitrogens is 5. The van der Waals surface area contributed by atoms with Crippen molar-refractivity contribution in [2.75, 3.05) is 13.2 Å². The van der Waals surface area contributed by atoms with Crippen LogP contribution >= 0.6 is 0 Å². The second-order valence-electron chi connectivity index (χ2n) is 37.6. The molecular formula is C114H119N5O4Zn. The first-order chi connectivity index (χ1) is 59.5. The Morgan fingerprint density at radius 1 is 0.403 bits per heavy atom. The van der Waals surface area contributed by atoms with Gasteiger partial charge in [0.25, 0.3) is 0 Å². The molecule has 626 valence electrons. The van der Waals surface area contributed by atoms with Crippen molar-refractivity contribution in [3.63, 3.8) is 0 Å². The predicted octanol–water partition coefficient (Wildman–Crippen LogP) is 30.0. The van der Waals surface area contributed by atoms with Gasteiger partial charge in [-0.25, -0.2) is 14.8 Å². The van der Waals surface area contributed by atoms with Crippen molar-refractivity contribution in [2.45, 2.75) is 241 Å². The van der Waals surface area contributed by atoms with Gasteiger partial charge in [0.05, 0.1) is 58.1 Å². The predicted molar refractivity (Wildman–Crippen MR) is 519 cm³/mol. The molecule has 0 fully saturated rings. The average Bonchev–Trinajstić information content (AvgIpc) is 1.50. The first-order valence-corrected chi connectivity index (χ1v) is 45.6. The molecule has 0 saturated carbocycles. The van der Waals surface area contributed by atoms with Crippen LogP contribution in [0.25, 0.3) is 134 Å². The standard InChI is InChI=1S/C114H120N5O4.Zn/c1-14-16-18-20-22-24-26-28-30-32-66-122-101-44-37-45-102(123-67-33-31-29-27-25-23-21-19-17-15-2)110(101)107-97-64-60-92(117-97)88(56-48-76-46-49-79(50-47-76)111(120)121)91-58-62-95(115-91)106(103-74(3)38-34-39-75(103)4)96-63-59-93(116-96)89(94-61-65-98(107)118-94)57-53-80-70-99-108-104-84(80)40-35-41-85(104)86-42-36-43-87-90(78-51-54-81(55-52-78)112(5,6)7)72-100(109(108)105(86)87)119(99)73-77-68-82(113(8,9)10)71-83(69-77)114(11,12)13;/h34-47,49-52,54-55,58-65,68-72H,14-33,66-67,73H2,1-13H3,(H2-,115,116,117,118,120,121);/q-1;+2/p-1. The molecule has 0 aliphatic carbocycles. The molecule has 0 amide bonds. The van der Waals surface area contributed by atoms with E-state index in [4.69, 9.17) is 29.4 Å². The number of unbranched alkanes of at least 4 members (excludes halogenated alkanes) is 18. The van der Waals surface area contributed by atoms with Crippen molar-refractivity contribution in [3.05, 3.63) is 260 Å². The van der Waals surface area contributed by atoms with Gasteiger partial charge in [0.1, 0.15) is 11.5 Å². The van der Waals surface area contributed by atoms with E-state index in [1.54, 1.807) is 24.3 Å². The molecule has 6 heterocycles. The summed E-state index contributed by atoms with van der Waals surface area (Å²) in [5, 5.41) is 19.7. The third kappa shape index (κ3) is 18.7. The molecule has 2 aliphatic heterocycles. The Kier molecular flexibility index (Phi) is 26.9. The van der Waals surface area contributed by atoms with Crippen molar-refractivity contribution >= 4 is 106 Å². The van der Waals surface area contributed by atoms with Gasteiger partial charge >= 0.3 is 25.4 Å². The number of aryl methyl sites for hydroxylation is 2. The van der Waals surface area contributed by atoms with Gasteiger partial charge in [0.15, 0.2) is 0 Å². The maximum atomic E-state index is 12.1. The third-order valence-corrected chi connectivity index (χ3v) is 25.4. The zero-order chi connectivity index (χ0) is 85.7. The number of ether oxygens (including phenoxy) is 2. The molecular weight excluding hydrogens is 1570 g/mol. The normalized spacial score (nSPS) is 12.3. The number of fused-ring (bicyclic) bond motifs is 9. The summed E-state index contributed by atoms with van der Waals surface area (Å²) in [7, 11) is 0. The third-order valence-electron chi connectivity index (χ3n) is 25.4. The Morgan fingerprint density at radius 3 is 1.33 bits per heavy atom. The summed E-state index contributed by atoms with van der Waals surface area (Å²) in [4.78, 5) is 35.1. The molecule has 2 aliphatic rings. The Labute approximate surface area is 747 Å². The number of rotatable bonds is 30. The number of nitrogens with zero attached hydrogens (tertiary/aromatic N) is 5. The van der Waals surface area contributed by atoms with Crippen LogP contribution in [0.5, 0.6) is 11.5 Å². The maximum absolute atomic E-state index is 12.1. The van der Waals surface area contributed by atoms with Crippen LogP contribution in [-0.4, -0.2) is 38.8 Å². The Bertz CT molecular complexity index is 6540. The summed E-state index contributed by atoms with van der Waals surface area (Å²) in [5.41, 5.74) is 23.6. The van der Waals surface area contributed by atoms with Crippen LogP contribution < -0.4 is 19.4 Å². The minimum absolute atomic E-state index is 0. The van der Waals surface area contributed by atoms with Crippen LogP contribution in [0.2, 0.25) is 0 Å². The van der Waals surface area contributed by atoms with Crippen LogP contribution in [0.4, 0.5) is 0 Å². The Balaban J connectivity index is 0.0000119. The van der Waals surface area contributed by atoms with Crippen LogP contribution in [-0.2, 0) is 42.3 Å². The number of carboxylic acids is 1. The fraction of sp³-hybridized carbons (Fsp3) is 0.342. The molecule has 0 unspecified atom stereocenters. The number of hydrogen-bond acceptors (Lipinski definition) is 5. The molecule has 0 radical (unpaired) electrons. The van der Waals surface area contributed by atoms with E-state index in [2.05, 4.69) is 282 Å². The van der Waals surface area contributed by atoms with Crippen LogP contribution in [0.1, 0.15) is 293 Å². The minimum atomic E-state index is -1.00. The molecule has 8 bridgehead atoms. The molecule has 10 aromatic carbocycles. The van der Waals surface area contributed by atoms with Crippen molar-refractivity contribution in [1.82, 2.24) is 24.5 Å². The van der Waals surface area contributed by atoms with Gasteiger partial charge in [-0.05, 0) is 193 Å². The van der Waals surface area contributed by atoms with Crippen molar-refractivity contribution in [3.8, 4) is 68.6 Å². The second-order valence-corrected chi connectivity index (χ2v) is 37.6. The molecule has 0 spiro atoms. The molecule has 1 N–H and O–H groups in total. The van der Waals surface area contributed by atoms with Crippen molar-refractivity contribution in [2.24, 2.45) is 0 Å². The summed E-state index contributed by atoms with van der Waals surface area (Å²) in [5.74, 6) is 15.3. The SMILES string of the molecule is CCCCCCCCCCCCOc1cccc(OCCCCCCCCCCCC)c1-c1c2nc(c(C#Cc3cc4c5c6c3cccc6c3cccc6c(-c7ccc(C(C)(C)C)cc7)cc(c5c63)n4Cc3cc(C(C)(C)C)cc(C(C)(C)C)c3)c3ccc([n-]3)c(-c3c(C)cccc3C)c3nc(c(C#Cc4ccc(C(=O)O)cc4)c4ccc1[n-]4)C=C3)C=C2.[Zn+2]. The van der Waals surface area contributed by atoms with E-state index in [0.717, 1.165) is 86.7 Å². The molecule has 4 aromatic heterocycles. The average molecular weight is 1690 g/mol. The van der Waals surface area contributed by atoms with Gasteiger partial charge in [-0.2, -0.15) is 0 Å². The van der Waals surface area contributed by atoms with E-state index in [0.29, 0.717) is 81.6 Å². The number of hydrogen-bond donors (Lipinski definition) is 1. The van der Waals surface area contributed by atoms with Crippen LogP contribution in [0.15, 0.2) is 176 Å².